The Bertz CT molecular complexity index is 1520. The topological polar surface area (TPSA) is 110 Å². The molecule has 41 heavy (non-hydrogen) atoms. The number of benzene rings is 1. The molecular formula is C31H38FN7O2. The van der Waals surface area contributed by atoms with Gasteiger partial charge in [-0.3, -0.25) is 9.69 Å². The van der Waals surface area contributed by atoms with Crippen LogP contribution in [0.2, 0.25) is 0 Å². The van der Waals surface area contributed by atoms with E-state index < -0.39 is 0 Å². The monoisotopic (exact) mass is 559 g/mol. The number of aromatic nitrogens is 2. The largest absolute Gasteiger partial charge is 0.383 e. The highest BCUT2D eigenvalue weighted by Crippen LogP contribution is 2.32. The van der Waals surface area contributed by atoms with Crippen molar-refractivity contribution >= 4 is 22.4 Å². The summed E-state index contributed by atoms with van der Waals surface area (Å²) < 4.78 is 19.8. The molecule has 0 spiro atoms. The number of nitriles is 2. The van der Waals surface area contributed by atoms with Crippen LogP contribution in [0.25, 0.3) is 11.0 Å². The highest BCUT2D eigenvalue weighted by atomic mass is 19.1. The number of ether oxygens (including phenoxy) is 1. The second-order valence-corrected chi connectivity index (χ2v) is 10.8. The second kappa shape index (κ2) is 13.6. The molecule has 216 valence electrons. The van der Waals surface area contributed by atoms with Gasteiger partial charge in [-0.05, 0) is 62.7 Å². The number of aryl methyl sites for hydroxylation is 2. The fourth-order valence-corrected chi connectivity index (χ4v) is 5.56. The minimum Gasteiger partial charge on any atom is -0.383 e. The van der Waals surface area contributed by atoms with E-state index in [1.54, 1.807) is 31.3 Å². The van der Waals surface area contributed by atoms with Gasteiger partial charge in [-0.15, -0.1) is 0 Å². The lowest BCUT2D eigenvalue weighted by Gasteiger charge is -2.33. The van der Waals surface area contributed by atoms with Crippen LogP contribution in [0.3, 0.4) is 0 Å². The van der Waals surface area contributed by atoms with Gasteiger partial charge in [0.25, 0.3) is 5.56 Å². The molecule has 1 aliphatic carbocycles. The van der Waals surface area contributed by atoms with Crippen LogP contribution >= 0.6 is 0 Å². The summed E-state index contributed by atoms with van der Waals surface area (Å²) >= 11 is 0. The summed E-state index contributed by atoms with van der Waals surface area (Å²) in [7, 11) is 5.65. The van der Waals surface area contributed by atoms with E-state index in [0.717, 1.165) is 63.2 Å². The van der Waals surface area contributed by atoms with Gasteiger partial charge in [0.15, 0.2) is 0 Å². The number of fused-ring (bicyclic) bond motifs is 1. The zero-order valence-corrected chi connectivity index (χ0v) is 24.3. The minimum absolute atomic E-state index is 0.0978. The van der Waals surface area contributed by atoms with E-state index in [1.165, 1.54) is 17.1 Å². The molecule has 5 rings (SSSR count). The van der Waals surface area contributed by atoms with Crippen molar-refractivity contribution in [2.75, 3.05) is 50.6 Å². The summed E-state index contributed by atoms with van der Waals surface area (Å²) in [6.45, 7) is 5.26. The van der Waals surface area contributed by atoms with Crippen molar-refractivity contribution in [3.8, 4) is 12.1 Å². The number of halogens is 1. The molecular weight excluding hydrogens is 521 g/mol. The summed E-state index contributed by atoms with van der Waals surface area (Å²) in [5, 5.41) is 22.1. The van der Waals surface area contributed by atoms with Crippen LogP contribution in [-0.2, 0) is 11.8 Å². The Kier molecular flexibility index (Phi) is 9.93. The number of morpholine rings is 1. The van der Waals surface area contributed by atoms with Crippen LogP contribution in [-0.4, -0.2) is 66.9 Å². The third-order valence-electron chi connectivity index (χ3n) is 8.15. The smallest absolute Gasteiger partial charge is 0.270 e. The Labute approximate surface area is 240 Å². The van der Waals surface area contributed by atoms with Gasteiger partial charge in [0.1, 0.15) is 34.7 Å². The van der Waals surface area contributed by atoms with Gasteiger partial charge in [-0.2, -0.15) is 10.5 Å². The predicted octanol–water partition coefficient (Wildman–Crippen LogP) is 4.32. The molecule has 2 aliphatic rings. The molecule has 0 bridgehead atoms. The number of hydrogen-bond acceptors (Lipinski definition) is 8. The van der Waals surface area contributed by atoms with Gasteiger partial charge < -0.3 is 19.5 Å². The maximum absolute atomic E-state index is 12.9. The molecule has 1 aromatic carbocycles. The summed E-state index contributed by atoms with van der Waals surface area (Å²) in [6.07, 6.45) is 5.60. The number of nitrogens with zero attached hydrogens (tertiary/aromatic N) is 6. The Hall–Kier alpha value is -3.99. The van der Waals surface area contributed by atoms with Crippen molar-refractivity contribution in [2.45, 2.75) is 51.1 Å². The lowest BCUT2D eigenvalue weighted by atomic mass is 9.93. The van der Waals surface area contributed by atoms with Crippen molar-refractivity contribution < 1.29 is 9.13 Å². The first-order valence-electron chi connectivity index (χ1n) is 14.1. The third kappa shape index (κ3) is 6.84. The van der Waals surface area contributed by atoms with Crippen molar-refractivity contribution in [1.29, 1.82) is 10.5 Å². The normalized spacial score (nSPS) is 17.7. The molecule has 1 N–H and O–H groups in total. The highest BCUT2D eigenvalue weighted by Gasteiger charge is 2.26. The lowest BCUT2D eigenvalue weighted by molar-refractivity contribution is 0.0109. The maximum Gasteiger partial charge on any atom is 0.270 e. The van der Waals surface area contributed by atoms with E-state index in [9.17, 15) is 14.4 Å². The van der Waals surface area contributed by atoms with Crippen LogP contribution in [0, 0.1) is 35.4 Å². The molecule has 1 aliphatic heterocycles. The number of hydrogen-bond donors (Lipinski definition) is 1. The average Bonchev–Trinajstić information content (AvgIpc) is 2.99. The van der Waals surface area contributed by atoms with Crippen molar-refractivity contribution in [3.63, 3.8) is 0 Å². The first kappa shape index (κ1) is 30.0. The first-order chi connectivity index (χ1) is 19.7. The first-order valence-corrected chi connectivity index (χ1v) is 14.1. The van der Waals surface area contributed by atoms with E-state index >= 15 is 0 Å². The second-order valence-electron chi connectivity index (χ2n) is 10.8. The standard InChI is InChI=1S/C18H19N5O.C13H19FN2O/c1-22(13-6-4-3-5-7-13)17-14(11-20)18(24)23(2)15-9-8-12(10-19)21-16(15)17;1-10-7-11(14)3-4-13(10)15-8-12-9-17-6-5-16(12)2/h8-9,13H,3-7H2,1-2H3;3-4,7,12,15H,5-6,8-9H2,1-2H3. The van der Waals surface area contributed by atoms with Crippen LogP contribution in [0.5, 0.6) is 0 Å². The summed E-state index contributed by atoms with van der Waals surface area (Å²) in [5.41, 5.74) is 3.71. The van der Waals surface area contributed by atoms with Crippen LogP contribution < -0.4 is 15.8 Å². The fourth-order valence-electron chi connectivity index (χ4n) is 5.56. The maximum atomic E-state index is 12.9. The number of anilines is 2. The molecule has 0 radical (unpaired) electrons. The van der Waals surface area contributed by atoms with E-state index in [1.807, 2.05) is 24.9 Å². The predicted molar refractivity (Wildman–Crippen MR) is 159 cm³/mol. The SMILES string of the molecule is CN(c1c(C#N)c(=O)n(C)c2ccc(C#N)nc12)C1CCCCC1.Cc1cc(F)ccc1NCC1COCCN1C. The molecule has 0 amide bonds. The Morgan fingerprint density at radius 1 is 1.15 bits per heavy atom. The van der Waals surface area contributed by atoms with E-state index in [-0.39, 0.29) is 28.7 Å². The zero-order chi connectivity index (χ0) is 29.5. The van der Waals surface area contributed by atoms with Crippen LogP contribution in [0.1, 0.15) is 48.9 Å². The molecule has 3 heterocycles. The zero-order valence-electron chi connectivity index (χ0n) is 24.3. The molecule has 2 fully saturated rings. The van der Waals surface area contributed by atoms with Gasteiger partial charge in [-0.25, -0.2) is 9.37 Å². The fraction of sp³-hybridized carbons (Fsp3) is 0.484. The van der Waals surface area contributed by atoms with Crippen molar-refractivity contribution in [3.05, 3.63) is 63.3 Å². The quantitative estimate of drug-likeness (QED) is 0.492. The van der Waals surface area contributed by atoms with Crippen molar-refractivity contribution in [2.24, 2.45) is 7.05 Å². The van der Waals surface area contributed by atoms with Gasteiger partial charge >= 0.3 is 0 Å². The molecule has 3 aromatic rings. The summed E-state index contributed by atoms with van der Waals surface area (Å²) in [5.74, 6) is -0.189. The Morgan fingerprint density at radius 3 is 2.56 bits per heavy atom. The van der Waals surface area contributed by atoms with Crippen LogP contribution in [0.4, 0.5) is 15.8 Å². The molecule has 10 heteroatoms. The highest BCUT2D eigenvalue weighted by molar-refractivity contribution is 5.92. The van der Waals surface area contributed by atoms with E-state index in [4.69, 9.17) is 10.00 Å². The lowest BCUT2D eigenvalue weighted by Crippen LogP contribution is -2.46. The molecule has 2 aromatic heterocycles. The summed E-state index contributed by atoms with van der Waals surface area (Å²) in [4.78, 5) is 21.3. The molecule has 1 unspecified atom stereocenters. The van der Waals surface area contributed by atoms with Gasteiger partial charge in [0.2, 0.25) is 0 Å². The number of nitrogens with one attached hydrogen (secondary N) is 1. The molecule has 1 saturated heterocycles. The van der Waals surface area contributed by atoms with E-state index in [2.05, 4.69) is 28.3 Å². The molecule has 9 nitrogen and oxygen atoms in total. The number of likely N-dealkylation sites (N-methyl/N-ethyl adjacent to an activating group) is 1. The Morgan fingerprint density at radius 2 is 1.90 bits per heavy atom. The number of rotatable bonds is 5. The van der Waals surface area contributed by atoms with Gasteiger partial charge in [0, 0.05) is 38.9 Å². The van der Waals surface area contributed by atoms with Crippen molar-refractivity contribution in [1.82, 2.24) is 14.5 Å². The third-order valence-corrected chi connectivity index (χ3v) is 8.15. The van der Waals surface area contributed by atoms with E-state index in [0.29, 0.717) is 22.8 Å². The molecule has 1 atom stereocenters. The average molecular weight is 560 g/mol. The van der Waals surface area contributed by atoms with Gasteiger partial charge in [0.05, 0.1) is 30.5 Å². The van der Waals surface area contributed by atoms with Crippen LogP contribution in [0.15, 0.2) is 35.1 Å². The Balaban J connectivity index is 0.000000201. The summed E-state index contributed by atoms with van der Waals surface area (Å²) in [6, 6.07) is 12.9. The van der Waals surface area contributed by atoms with Gasteiger partial charge in [-0.1, -0.05) is 19.3 Å². The minimum atomic E-state index is -0.325. The number of pyridine rings is 2. The molecule has 1 saturated carbocycles.